The average molecular weight is 155 g/mol. The third-order valence-corrected chi connectivity index (χ3v) is 1.85. The molecule has 0 bridgehead atoms. The van der Waals surface area contributed by atoms with E-state index in [-0.39, 0.29) is 6.16 Å². The van der Waals surface area contributed by atoms with Crippen molar-refractivity contribution in [2.24, 2.45) is 0 Å². The summed E-state index contributed by atoms with van der Waals surface area (Å²) >= 11 is 0. The Morgan fingerprint density at radius 1 is 1.50 bits per heavy atom. The second kappa shape index (κ2) is 3.55. The molecule has 0 saturated heterocycles. The Kier molecular flexibility index (Phi) is 2.67. The summed E-state index contributed by atoms with van der Waals surface area (Å²) in [6.45, 7) is 0. The Balaban J connectivity index is 2.67. The third-order valence-electron chi connectivity index (χ3n) is 1.14. The molecule has 3 heteroatoms. The van der Waals surface area contributed by atoms with Gasteiger partial charge >= 0.3 is 0 Å². The van der Waals surface area contributed by atoms with Crippen LogP contribution in [0, 0.1) is 6.07 Å². The van der Waals surface area contributed by atoms with Crippen LogP contribution in [0.15, 0.2) is 24.3 Å². The molecule has 1 aromatic rings. The molecule has 1 aromatic carbocycles. The highest BCUT2D eigenvalue weighted by Crippen LogP contribution is 2.20. The van der Waals surface area contributed by atoms with Gasteiger partial charge in [-0.05, 0) is 11.6 Å². The molecular weight excluding hydrogens is 147 g/mol. The van der Waals surface area contributed by atoms with Crippen LogP contribution in [0.3, 0.4) is 0 Å². The molecule has 1 radical (unpaired) electrons. The van der Waals surface area contributed by atoms with E-state index in [4.69, 9.17) is 4.89 Å². The maximum absolute atomic E-state index is 10.3. The monoisotopic (exact) mass is 155 g/mol. The van der Waals surface area contributed by atoms with Crippen molar-refractivity contribution in [2.45, 2.75) is 6.16 Å². The highest BCUT2D eigenvalue weighted by molar-refractivity contribution is 7.37. The van der Waals surface area contributed by atoms with Crippen LogP contribution in [0.5, 0.6) is 0 Å². The molecule has 10 heavy (non-hydrogen) atoms. The van der Waals surface area contributed by atoms with Gasteiger partial charge in [-0.3, -0.25) is 4.57 Å². The Labute approximate surface area is 60.4 Å². The van der Waals surface area contributed by atoms with Crippen LogP contribution in [0.1, 0.15) is 5.56 Å². The predicted molar refractivity (Wildman–Crippen MR) is 40.2 cm³/mol. The second-order valence-corrected chi connectivity index (χ2v) is 3.12. The lowest BCUT2D eigenvalue weighted by atomic mass is 10.2. The average Bonchev–Trinajstić information content (AvgIpc) is 1.88. The Hall–Kier alpha value is -0.590. The van der Waals surface area contributed by atoms with Crippen molar-refractivity contribution in [3.8, 4) is 0 Å². The van der Waals surface area contributed by atoms with E-state index < -0.39 is 8.03 Å². The number of hydrogen-bond donors (Lipinski definition) is 1. The minimum atomic E-state index is -2.35. The first-order valence-electron chi connectivity index (χ1n) is 2.96. The van der Waals surface area contributed by atoms with Crippen molar-refractivity contribution in [3.05, 3.63) is 35.9 Å². The van der Waals surface area contributed by atoms with Crippen molar-refractivity contribution in [2.75, 3.05) is 0 Å². The fourth-order valence-corrected chi connectivity index (χ4v) is 1.30. The summed E-state index contributed by atoms with van der Waals surface area (Å²) in [4.78, 5) is 8.54. The molecule has 1 rings (SSSR count). The minimum Gasteiger partial charge on any atom is -0.346 e. The van der Waals surface area contributed by atoms with Crippen LogP contribution < -0.4 is 0 Å². The second-order valence-electron chi connectivity index (χ2n) is 1.98. The molecule has 0 aliphatic heterocycles. The van der Waals surface area contributed by atoms with Gasteiger partial charge in [0.1, 0.15) is 0 Å². The van der Waals surface area contributed by atoms with Gasteiger partial charge in [-0.1, -0.05) is 24.3 Å². The fourth-order valence-electron chi connectivity index (χ4n) is 0.714. The molecule has 0 aromatic heterocycles. The van der Waals surface area contributed by atoms with Gasteiger partial charge in [0.25, 0.3) is 0 Å². The van der Waals surface area contributed by atoms with E-state index in [0.717, 1.165) is 5.56 Å². The molecule has 1 unspecified atom stereocenters. The topological polar surface area (TPSA) is 37.3 Å². The predicted octanol–water partition coefficient (Wildman–Crippen LogP) is 1.45. The maximum Gasteiger partial charge on any atom is 0.193 e. The Bertz CT molecular complexity index is 220. The van der Waals surface area contributed by atoms with Crippen LogP contribution in [-0.2, 0) is 10.7 Å². The molecule has 0 spiro atoms. The van der Waals surface area contributed by atoms with Gasteiger partial charge in [-0.15, -0.1) is 0 Å². The van der Waals surface area contributed by atoms with E-state index in [2.05, 4.69) is 6.07 Å². The van der Waals surface area contributed by atoms with Gasteiger partial charge < -0.3 is 4.89 Å². The molecule has 0 fully saturated rings. The van der Waals surface area contributed by atoms with Gasteiger partial charge in [0.05, 0.1) is 0 Å². The molecule has 53 valence electrons. The molecule has 0 aliphatic rings. The zero-order valence-electron chi connectivity index (χ0n) is 5.37. The maximum atomic E-state index is 10.3. The Morgan fingerprint density at radius 2 is 2.10 bits per heavy atom. The molecule has 1 atom stereocenters. The van der Waals surface area contributed by atoms with Gasteiger partial charge in [0.2, 0.25) is 0 Å². The molecule has 0 heterocycles. The first-order valence-corrected chi connectivity index (χ1v) is 4.52. The van der Waals surface area contributed by atoms with E-state index in [1.54, 1.807) is 24.3 Å². The van der Waals surface area contributed by atoms with E-state index >= 15 is 0 Å². The van der Waals surface area contributed by atoms with Crippen LogP contribution in [0.2, 0.25) is 0 Å². The summed E-state index contributed by atoms with van der Waals surface area (Å²) in [6.07, 6.45) is 0.277. The molecular formula is C7H8O2P. The molecule has 0 aliphatic carbocycles. The fraction of sp³-hybridized carbons (Fsp3) is 0.143. The van der Waals surface area contributed by atoms with Crippen molar-refractivity contribution in [3.63, 3.8) is 0 Å². The highest BCUT2D eigenvalue weighted by atomic mass is 31.1. The van der Waals surface area contributed by atoms with Crippen molar-refractivity contribution >= 4 is 8.03 Å². The molecule has 0 amide bonds. The van der Waals surface area contributed by atoms with Gasteiger partial charge in [0.15, 0.2) is 8.03 Å². The normalized spacial score (nSPS) is 12.9. The van der Waals surface area contributed by atoms with Gasteiger partial charge in [0, 0.05) is 6.16 Å². The lowest BCUT2D eigenvalue weighted by molar-refractivity contribution is 0.502. The zero-order valence-corrected chi connectivity index (χ0v) is 6.37. The smallest absolute Gasteiger partial charge is 0.193 e. The van der Waals surface area contributed by atoms with Gasteiger partial charge in [-0.25, -0.2) is 0 Å². The summed E-state index contributed by atoms with van der Waals surface area (Å²) in [7, 11) is -2.35. The van der Waals surface area contributed by atoms with Crippen molar-refractivity contribution in [1.82, 2.24) is 0 Å². The van der Waals surface area contributed by atoms with E-state index in [1.807, 2.05) is 0 Å². The van der Waals surface area contributed by atoms with Crippen LogP contribution in [0.4, 0.5) is 0 Å². The quantitative estimate of drug-likeness (QED) is 0.656. The van der Waals surface area contributed by atoms with Crippen LogP contribution in [0.25, 0.3) is 0 Å². The van der Waals surface area contributed by atoms with E-state index in [9.17, 15) is 4.57 Å². The summed E-state index contributed by atoms with van der Waals surface area (Å²) in [5, 5.41) is 0. The van der Waals surface area contributed by atoms with Gasteiger partial charge in [-0.2, -0.15) is 0 Å². The first-order chi connectivity index (χ1) is 4.79. The first kappa shape index (κ1) is 7.52. The molecule has 0 saturated carbocycles. The number of hydrogen-bond acceptors (Lipinski definition) is 1. The summed E-state index contributed by atoms with van der Waals surface area (Å²) in [5.41, 5.74) is 0.894. The zero-order chi connectivity index (χ0) is 7.40. The summed E-state index contributed by atoms with van der Waals surface area (Å²) < 4.78 is 10.3. The van der Waals surface area contributed by atoms with Crippen LogP contribution >= 0.6 is 8.03 Å². The standard InChI is InChI=1S/C7H8O2P/c8-10(9)6-7-4-2-1-3-5-7/h2-5,10H,6H2,(H,8,9). The highest BCUT2D eigenvalue weighted by Gasteiger charge is 1.93. The SMILES string of the molecule is O=[PH](O)Cc1cc[c]cc1. The van der Waals surface area contributed by atoms with Crippen molar-refractivity contribution < 1.29 is 9.46 Å². The number of rotatable bonds is 2. The lowest BCUT2D eigenvalue weighted by Crippen LogP contribution is -1.76. The molecule has 2 nitrogen and oxygen atoms in total. The third kappa shape index (κ3) is 2.34. The largest absolute Gasteiger partial charge is 0.346 e. The van der Waals surface area contributed by atoms with E-state index in [0.29, 0.717) is 0 Å². The summed E-state index contributed by atoms with van der Waals surface area (Å²) in [6, 6.07) is 9.89. The molecule has 1 N–H and O–H groups in total. The Morgan fingerprint density at radius 3 is 2.60 bits per heavy atom. The van der Waals surface area contributed by atoms with Crippen LogP contribution in [-0.4, -0.2) is 4.89 Å². The lowest BCUT2D eigenvalue weighted by Gasteiger charge is -1.93. The van der Waals surface area contributed by atoms with Crippen molar-refractivity contribution in [1.29, 1.82) is 0 Å². The minimum absolute atomic E-state index is 0.277. The van der Waals surface area contributed by atoms with E-state index in [1.165, 1.54) is 0 Å². The number of benzene rings is 1. The summed E-state index contributed by atoms with van der Waals surface area (Å²) in [5.74, 6) is 0.